The van der Waals surface area contributed by atoms with E-state index in [0.717, 1.165) is 17.7 Å². The van der Waals surface area contributed by atoms with Crippen LogP contribution in [-0.2, 0) is 11.2 Å². The molecule has 2 aromatic rings. The zero-order valence-electron chi connectivity index (χ0n) is 13.1. The minimum Gasteiger partial charge on any atom is -0.497 e. The highest BCUT2D eigenvalue weighted by Crippen LogP contribution is 2.18. The number of ether oxygens (including phenoxy) is 2. The van der Waals surface area contributed by atoms with Crippen LogP contribution in [0.2, 0.25) is 0 Å². The van der Waals surface area contributed by atoms with Crippen molar-refractivity contribution >= 4 is 5.91 Å². The maximum absolute atomic E-state index is 12.5. The number of aromatic nitrogens is 1. The first kappa shape index (κ1) is 15.5. The number of pyridine rings is 1. The second-order valence-corrected chi connectivity index (χ2v) is 5.54. The second-order valence-electron chi connectivity index (χ2n) is 5.54. The fraction of sp³-hybridized carbons (Fsp3) is 0.333. The van der Waals surface area contributed by atoms with Crippen LogP contribution in [0.25, 0.3) is 0 Å². The summed E-state index contributed by atoms with van der Waals surface area (Å²) in [5, 5.41) is 0. The van der Waals surface area contributed by atoms with Crippen molar-refractivity contribution in [1.29, 1.82) is 0 Å². The number of benzene rings is 1. The molecule has 0 N–H and O–H groups in total. The molecule has 1 fully saturated rings. The highest BCUT2D eigenvalue weighted by Gasteiger charge is 2.25. The molecule has 1 aliphatic heterocycles. The van der Waals surface area contributed by atoms with Gasteiger partial charge in [-0.1, -0.05) is 12.1 Å². The number of methoxy groups -OCH3 is 1. The van der Waals surface area contributed by atoms with Gasteiger partial charge in [0.25, 0.3) is 5.91 Å². The number of nitrogens with zero attached hydrogens (tertiary/aromatic N) is 2. The van der Waals surface area contributed by atoms with Gasteiger partial charge in [0.05, 0.1) is 19.8 Å². The minimum atomic E-state index is 0.00152. The van der Waals surface area contributed by atoms with E-state index in [1.54, 1.807) is 31.6 Å². The first-order chi connectivity index (χ1) is 11.3. The summed E-state index contributed by atoms with van der Waals surface area (Å²) < 4.78 is 11.1. The highest BCUT2D eigenvalue weighted by atomic mass is 16.5. The predicted molar refractivity (Wildman–Crippen MR) is 86.6 cm³/mol. The van der Waals surface area contributed by atoms with E-state index in [2.05, 4.69) is 11.1 Å². The summed E-state index contributed by atoms with van der Waals surface area (Å²) >= 11 is 0. The van der Waals surface area contributed by atoms with Crippen molar-refractivity contribution in [2.24, 2.45) is 0 Å². The molecule has 0 bridgehead atoms. The maximum atomic E-state index is 12.5. The van der Waals surface area contributed by atoms with Crippen LogP contribution in [0, 0.1) is 0 Å². The molecule has 23 heavy (non-hydrogen) atoms. The second kappa shape index (κ2) is 7.24. The average Bonchev–Trinajstić information content (AvgIpc) is 2.62. The Bertz CT molecular complexity index is 660. The molecule has 1 atom stereocenters. The van der Waals surface area contributed by atoms with Gasteiger partial charge in [-0.25, -0.2) is 0 Å². The van der Waals surface area contributed by atoms with E-state index in [1.165, 1.54) is 0 Å². The van der Waals surface area contributed by atoms with Gasteiger partial charge in [-0.2, -0.15) is 0 Å². The lowest BCUT2D eigenvalue weighted by Gasteiger charge is -2.33. The molecular weight excluding hydrogens is 292 g/mol. The molecule has 120 valence electrons. The number of amides is 1. The molecule has 0 unspecified atom stereocenters. The van der Waals surface area contributed by atoms with Crippen LogP contribution in [0.15, 0.2) is 48.8 Å². The molecule has 0 saturated carbocycles. The fourth-order valence-corrected chi connectivity index (χ4v) is 2.77. The first-order valence-corrected chi connectivity index (χ1v) is 7.70. The number of carbonyl (C=O) groups is 1. The van der Waals surface area contributed by atoms with E-state index < -0.39 is 0 Å². The van der Waals surface area contributed by atoms with Gasteiger partial charge in [-0.05, 0) is 29.8 Å². The van der Waals surface area contributed by atoms with E-state index in [4.69, 9.17) is 9.47 Å². The van der Waals surface area contributed by atoms with E-state index in [9.17, 15) is 4.79 Å². The Morgan fingerprint density at radius 3 is 2.96 bits per heavy atom. The Morgan fingerprint density at radius 2 is 2.17 bits per heavy atom. The quantitative estimate of drug-likeness (QED) is 0.868. The third-order valence-corrected chi connectivity index (χ3v) is 3.95. The van der Waals surface area contributed by atoms with Gasteiger partial charge in [-0.3, -0.25) is 9.78 Å². The summed E-state index contributed by atoms with van der Waals surface area (Å²) in [5.41, 5.74) is 1.81. The number of carbonyl (C=O) groups excluding carboxylic acids is 1. The maximum Gasteiger partial charge on any atom is 0.254 e. The van der Waals surface area contributed by atoms with E-state index in [0.29, 0.717) is 25.3 Å². The van der Waals surface area contributed by atoms with E-state index in [1.807, 2.05) is 23.1 Å². The van der Waals surface area contributed by atoms with Gasteiger partial charge < -0.3 is 14.4 Å². The van der Waals surface area contributed by atoms with Crippen molar-refractivity contribution in [3.63, 3.8) is 0 Å². The van der Waals surface area contributed by atoms with Crippen molar-refractivity contribution < 1.29 is 14.3 Å². The van der Waals surface area contributed by atoms with Gasteiger partial charge >= 0.3 is 0 Å². The van der Waals surface area contributed by atoms with Crippen LogP contribution in [-0.4, -0.2) is 48.7 Å². The summed E-state index contributed by atoms with van der Waals surface area (Å²) in [6, 6.07) is 11.4. The van der Waals surface area contributed by atoms with E-state index in [-0.39, 0.29) is 12.0 Å². The van der Waals surface area contributed by atoms with Crippen LogP contribution < -0.4 is 4.74 Å². The summed E-state index contributed by atoms with van der Waals surface area (Å²) in [4.78, 5) is 18.3. The standard InChI is InChI=1S/C18H20N2O3/c1-22-16-4-2-3-14(11-16)12-17-13-20(9-10-23-17)18(21)15-5-7-19-8-6-15/h2-8,11,17H,9-10,12-13H2,1H3/t17-/m0/s1. The van der Waals surface area contributed by atoms with Gasteiger partial charge in [0.1, 0.15) is 5.75 Å². The molecule has 2 heterocycles. The molecule has 3 rings (SSSR count). The van der Waals surface area contributed by atoms with Crippen molar-refractivity contribution in [3.05, 3.63) is 59.9 Å². The lowest BCUT2D eigenvalue weighted by atomic mass is 10.1. The van der Waals surface area contributed by atoms with Crippen LogP contribution in [0.1, 0.15) is 15.9 Å². The molecule has 1 aromatic carbocycles. The SMILES string of the molecule is COc1cccc(C[C@H]2CN(C(=O)c3ccncc3)CCO2)c1. The number of hydrogen-bond donors (Lipinski definition) is 0. The third-order valence-electron chi connectivity index (χ3n) is 3.95. The molecular formula is C18H20N2O3. The van der Waals surface area contributed by atoms with Crippen LogP contribution in [0.4, 0.5) is 0 Å². The van der Waals surface area contributed by atoms with Crippen molar-refractivity contribution in [1.82, 2.24) is 9.88 Å². The zero-order valence-corrected chi connectivity index (χ0v) is 13.1. The molecule has 0 spiro atoms. The number of rotatable bonds is 4. The summed E-state index contributed by atoms with van der Waals surface area (Å²) in [6.07, 6.45) is 4.04. The lowest BCUT2D eigenvalue weighted by molar-refractivity contribution is -0.0208. The number of morpholine rings is 1. The zero-order chi connectivity index (χ0) is 16.1. The molecule has 1 aliphatic rings. The van der Waals surface area contributed by atoms with E-state index >= 15 is 0 Å². The van der Waals surface area contributed by atoms with Gasteiger partial charge in [-0.15, -0.1) is 0 Å². The molecule has 1 saturated heterocycles. The summed E-state index contributed by atoms with van der Waals surface area (Å²) in [6.45, 7) is 1.78. The molecule has 0 aliphatic carbocycles. The number of hydrogen-bond acceptors (Lipinski definition) is 4. The van der Waals surface area contributed by atoms with Gasteiger partial charge in [0.2, 0.25) is 0 Å². The monoisotopic (exact) mass is 312 g/mol. The Labute approximate surface area is 135 Å². The summed E-state index contributed by atoms with van der Waals surface area (Å²) in [5.74, 6) is 0.870. The van der Waals surface area contributed by atoms with Crippen molar-refractivity contribution in [2.45, 2.75) is 12.5 Å². The predicted octanol–water partition coefficient (Wildman–Crippen LogP) is 2.17. The fourth-order valence-electron chi connectivity index (χ4n) is 2.77. The van der Waals surface area contributed by atoms with Gasteiger partial charge in [0.15, 0.2) is 0 Å². The van der Waals surface area contributed by atoms with Gasteiger partial charge in [0, 0.05) is 37.5 Å². The normalized spacial score (nSPS) is 17.8. The molecule has 0 radical (unpaired) electrons. The smallest absolute Gasteiger partial charge is 0.254 e. The Hall–Kier alpha value is -2.40. The van der Waals surface area contributed by atoms with Crippen molar-refractivity contribution in [3.8, 4) is 5.75 Å². The average molecular weight is 312 g/mol. The summed E-state index contributed by atoms with van der Waals surface area (Å²) in [7, 11) is 1.66. The lowest BCUT2D eigenvalue weighted by Crippen LogP contribution is -2.46. The first-order valence-electron chi connectivity index (χ1n) is 7.70. The molecule has 5 nitrogen and oxygen atoms in total. The topological polar surface area (TPSA) is 51.7 Å². The van der Waals surface area contributed by atoms with Crippen LogP contribution >= 0.6 is 0 Å². The Balaban J connectivity index is 1.65. The van der Waals surface area contributed by atoms with Crippen LogP contribution in [0.5, 0.6) is 5.75 Å². The minimum absolute atomic E-state index is 0.00152. The Morgan fingerprint density at radius 1 is 1.35 bits per heavy atom. The molecule has 1 aromatic heterocycles. The highest BCUT2D eigenvalue weighted by molar-refractivity contribution is 5.94. The molecule has 5 heteroatoms. The Kier molecular flexibility index (Phi) is 4.88. The molecule has 1 amide bonds. The van der Waals surface area contributed by atoms with Crippen LogP contribution in [0.3, 0.4) is 0 Å². The third kappa shape index (κ3) is 3.87. The van der Waals surface area contributed by atoms with Crippen molar-refractivity contribution in [2.75, 3.05) is 26.8 Å². The largest absolute Gasteiger partial charge is 0.497 e.